The van der Waals surface area contributed by atoms with Gasteiger partial charge in [0.2, 0.25) is 0 Å². The number of aryl methyl sites for hydroxylation is 1. The molecule has 2 aromatic carbocycles. The molecule has 0 aromatic heterocycles. The number of nitrogens with zero attached hydrogens (tertiary/aromatic N) is 1. The van der Waals surface area contributed by atoms with Crippen LogP contribution in [0.15, 0.2) is 42.5 Å². The lowest BCUT2D eigenvalue weighted by molar-refractivity contribution is 0.476. The van der Waals surface area contributed by atoms with Crippen LogP contribution in [0.1, 0.15) is 17.2 Å². The summed E-state index contributed by atoms with van der Waals surface area (Å²) in [6, 6.07) is 13.9. The number of phenols is 1. The van der Waals surface area contributed by atoms with Gasteiger partial charge in [-0.15, -0.1) is 0 Å². The second kappa shape index (κ2) is 5.64. The number of rotatable bonds is 3. The maximum absolute atomic E-state index is 9.83. The Bertz CT molecular complexity index is 597. The number of para-hydroxylation sites is 1. The second-order valence-electron chi connectivity index (χ2n) is 4.23. The monoisotopic (exact) mass is 272 g/mol. The molecular weight excluding hydrogens is 260 g/mol. The van der Waals surface area contributed by atoms with Gasteiger partial charge < -0.3 is 10.4 Å². The van der Waals surface area contributed by atoms with Crippen LogP contribution in [-0.2, 0) is 0 Å². The fraction of sp³-hybridized carbons (Fsp3) is 0.133. The van der Waals surface area contributed by atoms with Crippen molar-refractivity contribution in [3.63, 3.8) is 0 Å². The molecule has 4 heteroatoms. The van der Waals surface area contributed by atoms with Crippen LogP contribution in [0.25, 0.3) is 0 Å². The van der Waals surface area contributed by atoms with Gasteiger partial charge in [0.25, 0.3) is 0 Å². The predicted molar refractivity (Wildman–Crippen MR) is 76.3 cm³/mol. The van der Waals surface area contributed by atoms with Crippen LogP contribution in [0.2, 0.25) is 5.02 Å². The summed E-state index contributed by atoms with van der Waals surface area (Å²) in [7, 11) is 0. The van der Waals surface area contributed by atoms with Gasteiger partial charge in [-0.3, -0.25) is 0 Å². The summed E-state index contributed by atoms with van der Waals surface area (Å²) < 4.78 is 0. The summed E-state index contributed by atoms with van der Waals surface area (Å²) in [6.07, 6.45) is 0. The van der Waals surface area contributed by atoms with Crippen LogP contribution >= 0.6 is 11.6 Å². The van der Waals surface area contributed by atoms with Crippen molar-refractivity contribution in [2.45, 2.75) is 13.0 Å². The van der Waals surface area contributed by atoms with E-state index in [1.54, 1.807) is 36.4 Å². The number of hydrogen-bond acceptors (Lipinski definition) is 3. The molecule has 2 N–H and O–H groups in total. The Balaban J connectivity index is 2.30. The minimum atomic E-state index is -0.538. The Labute approximate surface area is 117 Å². The van der Waals surface area contributed by atoms with Gasteiger partial charge >= 0.3 is 0 Å². The summed E-state index contributed by atoms with van der Waals surface area (Å²) in [5.41, 5.74) is 2.26. The Morgan fingerprint density at radius 3 is 2.47 bits per heavy atom. The third-order valence-corrected chi connectivity index (χ3v) is 3.12. The van der Waals surface area contributed by atoms with Crippen LogP contribution in [0.3, 0.4) is 0 Å². The zero-order chi connectivity index (χ0) is 13.8. The molecule has 96 valence electrons. The number of phenolic OH excluding ortho intramolecular Hbond substituents is 1. The number of nitrogens with one attached hydrogen (secondary N) is 1. The first-order valence-corrected chi connectivity index (χ1v) is 6.20. The Kier molecular flexibility index (Phi) is 3.94. The van der Waals surface area contributed by atoms with Crippen molar-refractivity contribution >= 4 is 17.3 Å². The number of halogens is 1. The van der Waals surface area contributed by atoms with E-state index in [0.29, 0.717) is 10.7 Å². The summed E-state index contributed by atoms with van der Waals surface area (Å²) >= 11 is 5.83. The number of anilines is 1. The summed E-state index contributed by atoms with van der Waals surface area (Å²) in [4.78, 5) is 0. The summed E-state index contributed by atoms with van der Waals surface area (Å²) in [5, 5.41) is 22.8. The van der Waals surface area contributed by atoms with E-state index in [1.165, 1.54) is 0 Å². The van der Waals surface area contributed by atoms with Gasteiger partial charge in [-0.05, 0) is 36.2 Å². The fourth-order valence-electron chi connectivity index (χ4n) is 1.83. The molecule has 3 nitrogen and oxygen atoms in total. The maximum Gasteiger partial charge on any atom is 0.140 e. The maximum atomic E-state index is 9.83. The first kappa shape index (κ1) is 13.3. The topological polar surface area (TPSA) is 56.0 Å². The van der Waals surface area contributed by atoms with Crippen LogP contribution in [0, 0.1) is 18.3 Å². The van der Waals surface area contributed by atoms with Gasteiger partial charge in [0.15, 0.2) is 0 Å². The zero-order valence-corrected chi connectivity index (χ0v) is 11.1. The lowest BCUT2D eigenvalue weighted by Gasteiger charge is -2.16. The first-order chi connectivity index (χ1) is 9.11. The molecule has 2 aromatic rings. The lowest BCUT2D eigenvalue weighted by atomic mass is 10.1. The van der Waals surface area contributed by atoms with Gasteiger partial charge in [-0.25, -0.2) is 0 Å². The Morgan fingerprint density at radius 1 is 1.21 bits per heavy atom. The molecular formula is C15H13ClN2O. The van der Waals surface area contributed by atoms with Crippen LogP contribution in [0.5, 0.6) is 5.75 Å². The van der Waals surface area contributed by atoms with E-state index in [9.17, 15) is 10.4 Å². The summed E-state index contributed by atoms with van der Waals surface area (Å²) in [6.45, 7) is 1.87. The van der Waals surface area contributed by atoms with E-state index >= 15 is 0 Å². The van der Waals surface area contributed by atoms with Gasteiger partial charge in [-0.2, -0.15) is 5.26 Å². The zero-order valence-electron chi connectivity index (χ0n) is 10.4. The number of nitriles is 1. The SMILES string of the molecule is Cc1cccc(O)c1N[C@@H](C#N)c1ccc(Cl)cc1. The highest BCUT2D eigenvalue weighted by Crippen LogP contribution is 2.30. The average molecular weight is 273 g/mol. The molecule has 0 amide bonds. The largest absolute Gasteiger partial charge is 0.506 e. The van der Waals surface area contributed by atoms with Gasteiger partial charge in [0.1, 0.15) is 11.8 Å². The van der Waals surface area contributed by atoms with Crippen molar-refractivity contribution in [3.05, 3.63) is 58.6 Å². The van der Waals surface area contributed by atoms with Crippen LogP contribution in [0.4, 0.5) is 5.69 Å². The quantitative estimate of drug-likeness (QED) is 0.830. The van der Waals surface area contributed by atoms with Gasteiger partial charge in [0, 0.05) is 5.02 Å². The van der Waals surface area contributed by atoms with Crippen LogP contribution in [-0.4, -0.2) is 5.11 Å². The molecule has 0 aliphatic heterocycles. The standard InChI is InChI=1S/C15H13ClN2O/c1-10-3-2-4-14(19)15(10)18-13(9-17)11-5-7-12(16)8-6-11/h2-8,13,18-19H,1H3/t13-/m0/s1. The molecule has 0 heterocycles. The molecule has 2 rings (SSSR count). The van der Waals surface area contributed by atoms with Crippen molar-refractivity contribution in [1.82, 2.24) is 0 Å². The fourth-order valence-corrected chi connectivity index (χ4v) is 1.96. The molecule has 0 saturated carbocycles. The van der Waals surface area contributed by atoms with Crippen molar-refractivity contribution in [1.29, 1.82) is 5.26 Å². The van der Waals surface area contributed by atoms with E-state index in [4.69, 9.17) is 11.6 Å². The van der Waals surface area contributed by atoms with E-state index in [0.717, 1.165) is 11.1 Å². The van der Waals surface area contributed by atoms with E-state index in [2.05, 4.69) is 11.4 Å². The smallest absolute Gasteiger partial charge is 0.140 e. The number of hydrogen-bond donors (Lipinski definition) is 2. The molecule has 0 fully saturated rings. The molecule has 19 heavy (non-hydrogen) atoms. The highest BCUT2D eigenvalue weighted by Gasteiger charge is 2.13. The van der Waals surface area contributed by atoms with E-state index in [-0.39, 0.29) is 5.75 Å². The Morgan fingerprint density at radius 2 is 1.89 bits per heavy atom. The van der Waals surface area contributed by atoms with Crippen molar-refractivity contribution < 1.29 is 5.11 Å². The van der Waals surface area contributed by atoms with Crippen molar-refractivity contribution in [3.8, 4) is 11.8 Å². The third-order valence-electron chi connectivity index (χ3n) is 2.87. The molecule has 0 spiro atoms. The molecule has 0 aliphatic rings. The van der Waals surface area contributed by atoms with E-state index in [1.807, 2.05) is 13.0 Å². The molecule has 0 aliphatic carbocycles. The average Bonchev–Trinajstić information content (AvgIpc) is 2.40. The van der Waals surface area contributed by atoms with Crippen molar-refractivity contribution in [2.75, 3.05) is 5.32 Å². The summed E-state index contributed by atoms with van der Waals surface area (Å²) in [5.74, 6) is 0.134. The third kappa shape index (κ3) is 2.98. The Hall–Kier alpha value is -2.18. The number of benzene rings is 2. The van der Waals surface area contributed by atoms with E-state index < -0.39 is 6.04 Å². The highest BCUT2D eigenvalue weighted by atomic mass is 35.5. The second-order valence-corrected chi connectivity index (χ2v) is 4.66. The van der Waals surface area contributed by atoms with Gasteiger partial charge in [0.05, 0.1) is 11.8 Å². The number of aromatic hydroxyl groups is 1. The first-order valence-electron chi connectivity index (χ1n) is 5.82. The normalized spacial score (nSPS) is 11.6. The molecule has 0 radical (unpaired) electrons. The molecule has 0 saturated heterocycles. The minimum Gasteiger partial charge on any atom is -0.506 e. The van der Waals surface area contributed by atoms with Crippen LogP contribution < -0.4 is 5.32 Å². The van der Waals surface area contributed by atoms with Gasteiger partial charge in [-0.1, -0.05) is 35.9 Å². The minimum absolute atomic E-state index is 0.134. The van der Waals surface area contributed by atoms with Crippen molar-refractivity contribution in [2.24, 2.45) is 0 Å². The molecule has 0 bridgehead atoms. The predicted octanol–water partition coefficient (Wildman–Crippen LogP) is 4.03. The molecule has 1 atom stereocenters. The lowest BCUT2D eigenvalue weighted by Crippen LogP contribution is -2.09. The molecule has 0 unspecified atom stereocenters. The highest BCUT2D eigenvalue weighted by molar-refractivity contribution is 6.30.